The molecule has 6 atom stereocenters. The summed E-state index contributed by atoms with van der Waals surface area (Å²) in [6.45, 7) is 1.09. The summed E-state index contributed by atoms with van der Waals surface area (Å²) in [5, 5.41) is 0. The van der Waals surface area contributed by atoms with Gasteiger partial charge in [0, 0.05) is 0 Å². The molecule has 5 aliphatic rings. The molecule has 0 aromatic heterocycles. The highest BCUT2D eigenvalue weighted by molar-refractivity contribution is 5.73. The molecular weight excluding hydrogens is 360 g/mol. The third kappa shape index (κ3) is 4.38. The van der Waals surface area contributed by atoms with Crippen molar-refractivity contribution in [1.29, 1.82) is 0 Å². The van der Waals surface area contributed by atoms with E-state index < -0.39 is 0 Å². The van der Waals surface area contributed by atoms with E-state index in [0.717, 1.165) is 64.2 Å². The fourth-order valence-corrected chi connectivity index (χ4v) is 5.44. The van der Waals surface area contributed by atoms with Crippen molar-refractivity contribution in [2.24, 2.45) is 23.7 Å². The molecule has 6 nitrogen and oxygen atoms in total. The highest BCUT2D eigenvalue weighted by Gasteiger charge is 2.47. The highest BCUT2D eigenvalue weighted by atomic mass is 16.6. The number of epoxide rings is 2. The summed E-state index contributed by atoms with van der Waals surface area (Å²) in [6.07, 6.45) is 11.2. The van der Waals surface area contributed by atoms with Crippen molar-refractivity contribution in [2.75, 3.05) is 13.2 Å². The van der Waals surface area contributed by atoms with E-state index in [0.29, 0.717) is 49.5 Å². The van der Waals surface area contributed by atoms with Crippen LogP contribution in [0.15, 0.2) is 0 Å². The van der Waals surface area contributed by atoms with Gasteiger partial charge in [0.05, 0.1) is 49.5 Å². The Balaban J connectivity index is 0.961. The molecule has 2 heterocycles. The molecule has 5 rings (SSSR count). The van der Waals surface area contributed by atoms with Crippen LogP contribution in [0.3, 0.4) is 0 Å². The minimum atomic E-state index is -0.0284. The molecule has 0 aromatic carbocycles. The normalized spacial score (nSPS) is 44.0. The molecule has 3 saturated carbocycles. The Kier molecular flexibility index (Phi) is 5.35. The lowest BCUT2D eigenvalue weighted by atomic mass is 9.82. The van der Waals surface area contributed by atoms with Crippen LogP contribution < -0.4 is 0 Å². The molecule has 3 aliphatic carbocycles. The summed E-state index contributed by atoms with van der Waals surface area (Å²) < 4.78 is 22.2. The van der Waals surface area contributed by atoms with Crippen molar-refractivity contribution in [3.8, 4) is 0 Å². The SMILES string of the molecule is O=C(OCC1CCC(COC(=O)[C@H]2CC[C@H]3OC3C2)CC1)C1CC[C@H]2OC2C1. The van der Waals surface area contributed by atoms with Crippen LogP contribution in [0.4, 0.5) is 0 Å². The summed E-state index contributed by atoms with van der Waals surface area (Å²) in [6, 6.07) is 0. The number of carbonyl (C=O) groups is 2. The Bertz CT molecular complexity index is 546. The summed E-state index contributed by atoms with van der Waals surface area (Å²) in [4.78, 5) is 24.6. The quantitative estimate of drug-likeness (QED) is 0.511. The zero-order valence-electron chi connectivity index (χ0n) is 16.6. The van der Waals surface area contributed by atoms with Crippen LogP contribution in [0.5, 0.6) is 0 Å². The second-order valence-electron chi connectivity index (χ2n) is 9.59. The first kappa shape index (κ1) is 18.9. The lowest BCUT2D eigenvalue weighted by molar-refractivity contribution is -0.153. The minimum absolute atomic E-state index is 0.0284. The van der Waals surface area contributed by atoms with E-state index in [4.69, 9.17) is 18.9 Å². The number of hydrogen-bond acceptors (Lipinski definition) is 6. The fourth-order valence-electron chi connectivity index (χ4n) is 5.44. The first-order valence-electron chi connectivity index (χ1n) is 11.3. The van der Waals surface area contributed by atoms with Gasteiger partial charge in [0.15, 0.2) is 0 Å². The van der Waals surface area contributed by atoms with Crippen molar-refractivity contribution < 1.29 is 28.5 Å². The maximum atomic E-state index is 12.3. The summed E-state index contributed by atoms with van der Waals surface area (Å²) in [7, 11) is 0. The van der Waals surface area contributed by atoms with Gasteiger partial charge < -0.3 is 18.9 Å². The molecule has 28 heavy (non-hydrogen) atoms. The summed E-state index contributed by atoms with van der Waals surface area (Å²) in [5.74, 6) is 0.920. The zero-order chi connectivity index (χ0) is 19.1. The molecule has 0 N–H and O–H groups in total. The fraction of sp³-hybridized carbons (Fsp3) is 0.909. The molecule has 0 aromatic rings. The van der Waals surface area contributed by atoms with Gasteiger partial charge in [-0.05, 0) is 76.0 Å². The van der Waals surface area contributed by atoms with E-state index in [9.17, 15) is 9.59 Å². The first-order valence-corrected chi connectivity index (χ1v) is 11.3. The Morgan fingerprint density at radius 1 is 0.607 bits per heavy atom. The lowest BCUT2D eigenvalue weighted by Crippen LogP contribution is -2.29. The monoisotopic (exact) mass is 392 g/mol. The molecule has 0 amide bonds. The van der Waals surface area contributed by atoms with Crippen molar-refractivity contribution in [2.45, 2.75) is 88.6 Å². The van der Waals surface area contributed by atoms with Crippen LogP contribution in [0.2, 0.25) is 0 Å². The Hall–Kier alpha value is -1.14. The van der Waals surface area contributed by atoms with E-state index in [2.05, 4.69) is 0 Å². The number of hydrogen-bond donors (Lipinski definition) is 0. The highest BCUT2D eigenvalue weighted by Crippen LogP contribution is 2.41. The predicted octanol–water partition coefficient (Wildman–Crippen LogP) is 3.01. The van der Waals surface area contributed by atoms with Gasteiger partial charge in [0.2, 0.25) is 0 Å². The van der Waals surface area contributed by atoms with Gasteiger partial charge in [-0.1, -0.05) is 0 Å². The van der Waals surface area contributed by atoms with Gasteiger partial charge in [0.25, 0.3) is 0 Å². The molecule has 156 valence electrons. The van der Waals surface area contributed by atoms with Crippen LogP contribution >= 0.6 is 0 Å². The van der Waals surface area contributed by atoms with Crippen LogP contribution in [-0.2, 0) is 28.5 Å². The second-order valence-corrected chi connectivity index (χ2v) is 9.59. The van der Waals surface area contributed by atoms with Gasteiger partial charge in [-0.15, -0.1) is 0 Å². The third-order valence-electron chi connectivity index (χ3n) is 7.56. The maximum Gasteiger partial charge on any atom is 0.309 e. The van der Waals surface area contributed by atoms with Crippen molar-refractivity contribution in [3.05, 3.63) is 0 Å². The van der Waals surface area contributed by atoms with E-state index in [-0.39, 0.29) is 23.8 Å². The van der Waals surface area contributed by atoms with Crippen molar-refractivity contribution in [1.82, 2.24) is 0 Å². The molecule has 2 aliphatic heterocycles. The molecule has 5 fully saturated rings. The van der Waals surface area contributed by atoms with Crippen molar-refractivity contribution in [3.63, 3.8) is 0 Å². The molecule has 3 unspecified atom stereocenters. The van der Waals surface area contributed by atoms with Crippen molar-refractivity contribution >= 4 is 11.9 Å². The Labute approximate surface area is 166 Å². The molecule has 0 radical (unpaired) electrons. The number of fused-ring (bicyclic) bond motifs is 2. The molecule has 2 saturated heterocycles. The first-order chi connectivity index (χ1) is 13.7. The van der Waals surface area contributed by atoms with Gasteiger partial charge in [-0.25, -0.2) is 0 Å². The van der Waals surface area contributed by atoms with E-state index in [1.54, 1.807) is 0 Å². The largest absolute Gasteiger partial charge is 0.465 e. The third-order valence-corrected chi connectivity index (χ3v) is 7.56. The Morgan fingerprint density at radius 3 is 1.43 bits per heavy atom. The smallest absolute Gasteiger partial charge is 0.309 e. The number of rotatable bonds is 6. The standard InChI is InChI=1S/C22H32O6/c23-21(15-5-7-17-19(9-15)27-17)25-11-13-1-2-14(4-3-13)12-26-22(24)16-6-8-18-20(10-16)28-18/h13-20H,1-12H2/t13?,14?,15-,16?,17+,18+,19?,20?/m0/s1. The number of ether oxygens (including phenoxy) is 4. The van der Waals surface area contributed by atoms with E-state index >= 15 is 0 Å². The second kappa shape index (κ2) is 7.94. The van der Waals surface area contributed by atoms with Crippen LogP contribution in [0.1, 0.15) is 64.2 Å². The van der Waals surface area contributed by atoms with Gasteiger partial charge in [-0.3, -0.25) is 9.59 Å². The van der Waals surface area contributed by atoms with Gasteiger partial charge >= 0.3 is 11.9 Å². The zero-order valence-corrected chi connectivity index (χ0v) is 16.6. The summed E-state index contributed by atoms with van der Waals surface area (Å²) in [5.41, 5.74) is 0. The lowest BCUT2D eigenvalue weighted by Gasteiger charge is -2.29. The molecule has 0 bridgehead atoms. The Morgan fingerprint density at radius 2 is 1.04 bits per heavy atom. The van der Waals surface area contributed by atoms with Crippen LogP contribution in [0, 0.1) is 23.7 Å². The predicted molar refractivity (Wildman–Crippen MR) is 99.4 cm³/mol. The van der Waals surface area contributed by atoms with Gasteiger partial charge in [0.1, 0.15) is 0 Å². The maximum absolute atomic E-state index is 12.3. The molecule has 6 heteroatoms. The molecular formula is C22H32O6. The topological polar surface area (TPSA) is 77.7 Å². The van der Waals surface area contributed by atoms with Crippen LogP contribution in [-0.4, -0.2) is 49.6 Å². The summed E-state index contributed by atoms with van der Waals surface area (Å²) >= 11 is 0. The van der Waals surface area contributed by atoms with E-state index in [1.165, 1.54) is 0 Å². The van der Waals surface area contributed by atoms with Gasteiger partial charge in [-0.2, -0.15) is 0 Å². The average Bonchev–Trinajstić information content (AvgIpc) is 3.63. The number of esters is 2. The minimum Gasteiger partial charge on any atom is -0.465 e. The number of carbonyl (C=O) groups excluding carboxylic acids is 2. The van der Waals surface area contributed by atoms with Crippen LogP contribution in [0.25, 0.3) is 0 Å². The van der Waals surface area contributed by atoms with E-state index in [1.807, 2.05) is 0 Å². The molecule has 0 spiro atoms. The average molecular weight is 392 g/mol.